The van der Waals surface area contributed by atoms with Crippen molar-refractivity contribution in [3.05, 3.63) is 30.7 Å². The van der Waals surface area contributed by atoms with E-state index >= 15 is 0 Å². The van der Waals surface area contributed by atoms with Crippen molar-refractivity contribution in [2.24, 2.45) is 5.84 Å². The molecule has 0 bridgehead atoms. The second kappa shape index (κ2) is 5.73. The molecular formula is C9H13N7O2S. The van der Waals surface area contributed by atoms with Gasteiger partial charge in [-0.2, -0.15) is 0 Å². The summed E-state index contributed by atoms with van der Waals surface area (Å²) >= 11 is 0. The van der Waals surface area contributed by atoms with E-state index in [0.717, 1.165) is 0 Å². The van der Waals surface area contributed by atoms with Gasteiger partial charge in [-0.1, -0.05) is 5.21 Å². The van der Waals surface area contributed by atoms with E-state index < -0.39 is 10.0 Å². The van der Waals surface area contributed by atoms with Crippen molar-refractivity contribution in [2.75, 3.05) is 12.0 Å². The lowest BCUT2D eigenvalue weighted by molar-refractivity contribution is 0.553. The molecule has 0 saturated carbocycles. The molecule has 2 aromatic heterocycles. The number of hydrogen-bond acceptors (Lipinski definition) is 7. The van der Waals surface area contributed by atoms with Crippen molar-refractivity contribution in [1.82, 2.24) is 24.7 Å². The van der Waals surface area contributed by atoms with E-state index in [9.17, 15) is 8.42 Å². The van der Waals surface area contributed by atoms with Gasteiger partial charge in [0.05, 0.1) is 12.7 Å². The van der Waals surface area contributed by atoms with Gasteiger partial charge in [-0.05, 0) is 12.1 Å². The molecule has 2 rings (SSSR count). The molecule has 0 unspecified atom stereocenters. The van der Waals surface area contributed by atoms with E-state index in [2.05, 4.69) is 25.4 Å². The summed E-state index contributed by atoms with van der Waals surface area (Å²) in [5.41, 5.74) is 2.25. The van der Waals surface area contributed by atoms with Crippen LogP contribution in [0.3, 0.4) is 0 Å². The van der Waals surface area contributed by atoms with E-state index in [1.165, 1.54) is 29.2 Å². The van der Waals surface area contributed by atoms with Crippen LogP contribution in [0.25, 0.3) is 0 Å². The van der Waals surface area contributed by atoms with Gasteiger partial charge in [-0.3, -0.25) is 4.68 Å². The monoisotopic (exact) mass is 283 g/mol. The third-order valence-corrected chi connectivity index (χ3v) is 3.79. The zero-order chi connectivity index (χ0) is 13.7. The third-order valence-electron chi connectivity index (χ3n) is 2.30. The summed E-state index contributed by atoms with van der Waals surface area (Å²) < 4.78 is 28.1. The van der Waals surface area contributed by atoms with Crippen LogP contribution >= 0.6 is 0 Å². The number of nitrogens with zero attached hydrogens (tertiary/aromatic N) is 4. The number of anilines is 1. The van der Waals surface area contributed by atoms with Crippen LogP contribution in [0.4, 0.5) is 5.82 Å². The molecule has 0 aromatic carbocycles. The van der Waals surface area contributed by atoms with E-state index in [1.807, 2.05) is 0 Å². The van der Waals surface area contributed by atoms with Crippen LogP contribution in [-0.2, 0) is 16.6 Å². The van der Waals surface area contributed by atoms with Gasteiger partial charge < -0.3 is 5.43 Å². The zero-order valence-electron chi connectivity index (χ0n) is 9.89. The molecule has 4 N–H and O–H groups in total. The quantitative estimate of drug-likeness (QED) is 0.455. The summed E-state index contributed by atoms with van der Waals surface area (Å²) in [6, 6.07) is 2.94. The van der Waals surface area contributed by atoms with Crippen LogP contribution in [0.2, 0.25) is 0 Å². The minimum absolute atomic E-state index is 0.00362. The van der Waals surface area contributed by atoms with Crippen LogP contribution in [0.5, 0.6) is 0 Å². The number of nitrogens with one attached hydrogen (secondary N) is 2. The van der Waals surface area contributed by atoms with Crippen molar-refractivity contribution < 1.29 is 8.42 Å². The van der Waals surface area contributed by atoms with Gasteiger partial charge in [0.2, 0.25) is 10.0 Å². The Balaban J connectivity index is 2.05. The fraction of sp³-hybridized carbons (Fsp3) is 0.222. The maximum atomic E-state index is 12.0. The predicted octanol–water partition coefficient (Wildman–Crippen LogP) is -1.06. The van der Waals surface area contributed by atoms with Gasteiger partial charge in [0.1, 0.15) is 4.90 Å². The fourth-order valence-electron chi connectivity index (χ4n) is 1.44. The Bertz CT molecular complexity index is 626. The number of sulfonamides is 1. The molecule has 0 radical (unpaired) electrons. The van der Waals surface area contributed by atoms with Gasteiger partial charge in [0.25, 0.3) is 0 Å². The highest BCUT2D eigenvalue weighted by Gasteiger charge is 2.18. The number of rotatable bonds is 6. The summed E-state index contributed by atoms with van der Waals surface area (Å²) in [5.74, 6) is 5.32. The summed E-state index contributed by atoms with van der Waals surface area (Å²) in [7, 11) is -3.67. The summed E-state index contributed by atoms with van der Waals surface area (Å²) in [6.07, 6.45) is 4.61. The standard InChI is InChI=1S/C9H13N7O2S/c10-14-9-8(2-1-3-11-9)19(17,18)13-5-7-16-6-4-12-15-16/h1-4,6,13H,5,7,10H2,(H,11,14). The summed E-state index contributed by atoms with van der Waals surface area (Å²) in [6.45, 7) is 0.565. The number of hydrazine groups is 1. The lowest BCUT2D eigenvalue weighted by Gasteiger charge is -2.09. The van der Waals surface area contributed by atoms with E-state index in [0.29, 0.717) is 6.54 Å². The van der Waals surface area contributed by atoms with Crippen LogP contribution in [-0.4, -0.2) is 34.9 Å². The average molecular weight is 283 g/mol. The molecule has 10 heteroatoms. The van der Waals surface area contributed by atoms with Crippen LogP contribution in [0.15, 0.2) is 35.6 Å². The van der Waals surface area contributed by atoms with Crippen LogP contribution in [0.1, 0.15) is 0 Å². The molecule has 0 aliphatic rings. The van der Waals surface area contributed by atoms with Gasteiger partial charge in [-0.15, -0.1) is 5.10 Å². The first-order valence-corrected chi connectivity index (χ1v) is 6.87. The Labute approximate surface area is 109 Å². The molecule has 0 aliphatic carbocycles. The lowest BCUT2D eigenvalue weighted by Crippen LogP contribution is -2.29. The normalized spacial score (nSPS) is 11.4. The first-order chi connectivity index (χ1) is 9.13. The molecule has 0 spiro atoms. The highest BCUT2D eigenvalue weighted by Crippen LogP contribution is 2.16. The lowest BCUT2D eigenvalue weighted by atomic mass is 10.5. The second-order valence-electron chi connectivity index (χ2n) is 3.56. The Kier molecular flexibility index (Phi) is 4.04. The molecule has 0 amide bonds. The van der Waals surface area contributed by atoms with E-state index in [1.54, 1.807) is 6.20 Å². The Morgan fingerprint density at radius 2 is 2.21 bits per heavy atom. The number of aromatic nitrogens is 4. The highest BCUT2D eigenvalue weighted by molar-refractivity contribution is 7.89. The second-order valence-corrected chi connectivity index (χ2v) is 5.29. The summed E-state index contributed by atoms with van der Waals surface area (Å²) in [4.78, 5) is 3.83. The molecule has 102 valence electrons. The Hall–Kier alpha value is -2.04. The highest BCUT2D eigenvalue weighted by atomic mass is 32.2. The third kappa shape index (κ3) is 3.24. The average Bonchev–Trinajstić information content (AvgIpc) is 2.91. The summed E-state index contributed by atoms with van der Waals surface area (Å²) in [5, 5.41) is 7.35. The SMILES string of the molecule is NNc1ncccc1S(=O)(=O)NCCn1ccnn1. The first-order valence-electron chi connectivity index (χ1n) is 5.39. The minimum Gasteiger partial charge on any atom is -0.307 e. The van der Waals surface area contributed by atoms with Crippen LogP contribution < -0.4 is 16.0 Å². The molecule has 0 aliphatic heterocycles. The topological polar surface area (TPSA) is 128 Å². The predicted molar refractivity (Wildman–Crippen MR) is 67.3 cm³/mol. The maximum Gasteiger partial charge on any atom is 0.244 e. The number of pyridine rings is 1. The Morgan fingerprint density at radius 3 is 2.89 bits per heavy atom. The van der Waals surface area contributed by atoms with Crippen molar-refractivity contribution in [1.29, 1.82) is 0 Å². The molecule has 0 saturated heterocycles. The minimum atomic E-state index is -3.67. The molecular weight excluding hydrogens is 270 g/mol. The zero-order valence-corrected chi connectivity index (χ0v) is 10.7. The van der Waals surface area contributed by atoms with Gasteiger partial charge in [-0.25, -0.2) is 24.0 Å². The number of nitrogens with two attached hydrogens (primary N) is 1. The molecule has 9 nitrogen and oxygen atoms in total. The first kappa shape index (κ1) is 13.4. The maximum absolute atomic E-state index is 12.0. The fourth-order valence-corrected chi connectivity index (χ4v) is 2.58. The van der Waals surface area contributed by atoms with Gasteiger partial charge in [0.15, 0.2) is 5.82 Å². The molecule has 2 aromatic rings. The van der Waals surface area contributed by atoms with E-state index in [-0.39, 0.29) is 17.3 Å². The van der Waals surface area contributed by atoms with Crippen molar-refractivity contribution in [3.63, 3.8) is 0 Å². The molecule has 0 fully saturated rings. The molecule has 19 heavy (non-hydrogen) atoms. The van der Waals surface area contributed by atoms with Crippen LogP contribution in [0, 0.1) is 0 Å². The molecule has 0 atom stereocenters. The van der Waals surface area contributed by atoms with Crippen molar-refractivity contribution in [3.8, 4) is 0 Å². The van der Waals surface area contributed by atoms with Gasteiger partial charge >= 0.3 is 0 Å². The molecule has 2 heterocycles. The largest absolute Gasteiger partial charge is 0.307 e. The smallest absolute Gasteiger partial charge is 0.244 e. The van der Waals surface area contributed by atoms with Crippen molar-refractivity contribution in [2.45, 2.75) is 11.4 Å². The van der Waals surface area contributed by atoms with E-state index in [4.69, 9.17) is 5.84 Å². The van der Waals surface area contributed by atoms with Crippen molar-refractivity contribution >= 4 is 15.8 Å². The Morgan fingerprint density at radius 1 is 1.37 bits per heavy atom. The number of nitrogen functional groups attached to an aromatic ring is 1. The van der Waals surface area contributed by atoms with Gasteiger partial charge in [0, 0.05) is 18.9 Å². The number of hydrogen-bond donors (Lipinski definition) is 3.